The Hall–Kier alpha value is -1.09. The average molecular weight is 141 g/mol. The molecule has 0 aromatic carbocycles. The molecule has 0 unspecified atom stereocenters. The number of anilines is 1. The summed E-state index contributed by atoms with van der Waals surface area (Å²) in [4.78, 5) is 3.78. The Kier molecular flexibility index (Phi) is 1.25. The third kappa shape index (κ3) is 1.70. The molecule has 0 amide bonds. The van der Waals surface area contributed by atoms with E-state index in [0.717, 1.165) is 0 Å². The lowest BCUT2D eigenvalue weighted by Gasteiger charge is -1.97. The lowest BCUT2D eigenvalue weighted by molar-refractivity contribution is 0.181. The maximum absolute atomic E-state index is 7.43. The van der Waals surface area contributed by atoms with Gasteiger partial charge in [-0.15, -0.1) is 0 Å². The van der Waals surface area contributed by atoms with Crippen molar-refractivity contribution < 1.29 is 8.85 Å². The number of ether oxygens (including phenoxy) is 1. The van der Waals surface area contributed by atoms with Gasteiger partial charge in [-0.05, 0) is 12.1 Å². The molecule has 0 atom stereocenters. The quantitative estimate of drug-likeness (QED) is 0.663. The number of hydrogen-bond donors (Lipinski definition) is 1. The fourth-order valence-corrected chi connectivity index (χ4v) is 0.574. The van der Waals surface area contributed by atoms with Crippen LogP contribution in [0.25, 0.3) is 0 Å². The molecule has 1 heterocycles. The second-order valence-corrected chi connectivity index (χ2v) is 1.75. The van der Waals surface area contributed by atoms with Crippen molar-refractivity contribution in [2.75, 3.05) is 12.8 Å². The Morgan fingerprint density at radius 3 is 3.30 bits per heavy atom. The van der Waals surface area contributed by atoms with Crippen LogP contribution >= 0.6 is 0 Å². The molecular formula is C7H10N2O. The molecule has 0 aliphatic carbocycles. The fourth-order valence-electron chi connectivity index (χ4n) is 0.574. The molecule has 3 heteroatoms. The van der Waals surface area contributed by atoms with Crippen LogP contribution in [0.3, 0.4) is 0 Å². The van der Waals surface area contributed by atoms with Gasteiger partial charge >= 0.3 is 0 Å². The van der Waals surface area contributed by atoms with Gasteiger partial charge in [0, 0.05) is 7.11 Å². The molecule has 54 valence electrons. The minimum atomic E-state index is -0.209. The van der Waals surface area contributed by atoms with Gasteiger partial charge in [0.05, 0.1) is 16.4 Å². The molecule has 2 N–H and O–H groups in total. The normalized spacial score (nSPS) is 13.9. The van der Waals surface area contributed by atoms with Crippen LogP contribution in [0.5, 0.6) is 0 Å². The molecule has 0 bridgehead atoms. The number of methoxy groups -OCH3 is 1. The van der Waals surface area contributed by atoms with Crippen LogP contribution < -0.4 is 5.73 Å². The highest BCUT2D eigenvalue weighted by Crippen LogP contribution is 2.00. The van der Waals surface area contributed by atoms with Crippen molar-refractivity contribution in [3.05, 3.63) is 23.8 Å². The number of rotatable bonds is 2. The first kappa shape index (κ1) is 3.93. The van der Waals surface area contributed by atoms with Crippen molar-refractivity contribution in [1.29, 1.82) is 0 Å². The predicted octanol–water partition coefficient (Wildman–Crippen LogP) is 0.810. The van der Waals surface area contributed by atoms with Crippen LogP contribution in [-0.4, -0.2) is 12.1 Å². The third-order valence-electron chi connectivity index (χ3n) is 0.934. The standard InChI is InChI=1S/C7H10N2O/c1-10-5-6-3-2-4-7(8)9-6/h2-4H,5H2,1H3,(H2,8,9)/i2D,3D,4D. The molecule has 0 radical (unpaired) electrons. The molecular weight excluding hydrogens is 128 g/mol. The average Bonchev–Trinajstić information content (AvgIpc) is 2.11. The summed E-state index contributed by atoms with van der Waals surface area (Å²) < 4.78 is 26.8. The maximum atomic E-state index is 7.43. The summed E-state index contributed by atoms with van der Waals surface area (Å²) >= 11 is 0. The van der Waals surface area contributed by atoms with Gasteiger partial charge in [0.15, 0.2) is 0 Å². The van der Waals surface area contributed by atoms with Crippen molar-refractivity contribution in [3.63, 3.8) is 0 Å². The van der Waals surface area contributed by atoms with Crippen LogP contribution in [0.2, 0.25) is 0 Å². The molecule has 0 aliphatic heterocycles. The van der Waals surface area contributed by atoms with Gasteiger partial charge in [-0.3, -0.25) is 0 Å². The molecule has 1 rings (SSSR count). The highest BCUT2D eigenvalue weighted by Gasteiger charge is 1.91. The van der Waals surface area contributed by atoms with Gasteiger partial charge in [-0.2, -0.15) is 0 Å². The van der Waals surface area contributed by atoms with E-state index in [2.05, 4.69) is 4.98 Å². The van der Waals surface area contributed by atoms with Gasteiger partial charge in [-0.25, -0.2) is 4.98 Å². The van der Waals surface area contributed by atoms with E-state index in [0.29, 0.717) is 5.69 Å². The minimum Gasteiger partial charge on any atom is -0.384 e. The fraction of sp³-hybridized carbons (Fsp3) is 0.286. The predicted molar refractivity (Wildman–Crippen MR) is 39.4 cm³/mol. The third-order valence-corrected chi connectivity index (χ3v) is 0.934. The largest absolute Gasteiger partial charge is 0.384 e. The van der Waals surface area contributed by atoms with E-state index in [1.54, 1.807) is 0 Å². The maximum Gasteiger partial charge on any atom is 0.123 e. The van der Waals surface area contributed by atoms with E-state index < -0.39 is 0 Å². The summed E-state index contributed by atoms with van der Waals surface area (Å²) in [5.74, 6) is -0.0342. The van der Waals surface area contributed by atoms with E-state index in [9.17, 15) is 0 Å². The minimum absolute atomic E-state index is 0.0342. The Morgan fingerprint density at radius 2 is 2.60 bits per heavy atom. The Morgan fingerprint density at radius 1 is 1.80 bits per heavy atom. The lowest BCUT2D eigenvalue weighted by Crippen LogP contribution is -1.95. The molecule has 0 spiro atoms. The Balaban J connectivity index is 3.24. The van der Waals surface area contributed by atoms with Crippen molar-refractivity contribution in [2.24, 2.45) is 0 Å². The van der Waals surface area contributed by atoms with E-state index >= 15 is 0 Å². The van der Waals surface area contributed by atoms with Crippen molar-refractivity contribution in [1.82, 2.24) is 4.98 Å². The van der Waals surface area contributed by atoms with Crippen LogP contribution in [0, 0.1) is 0 Å². The molecule has 0 aliphatic rings. The smallest absolute Gasteiger partial charge is 0.123 e. The molecule has 3 nitrogen and oxygen atoms in total. The van der Waals surface area contributed by atoms with Crippen molar-refractivity contribution in [3.8, 4) is 0 Å². The van der Waals surface area contributed by atoms with E-state index in [1.807, 2.05) is 0 Å². The first-order chi connectivity index (χ1) is 6.07. The highest BCUT2D eigenvalue weighted by atomic mass is 16.5. The number of aromatic nitrogens is 1. The molecule has 1 aromatic rings. The zero-order chi connectivity index (χ0) is 10.0. The van der Waals surface area contributed by atoms with Gasteiger partial charge in [0.2, 0.25) is 0 Å². The second kappa shape index (κ2) is 3.17. The van der Waals surface area contributed by atoms with Gasteiger partial charge in [0.1, 0.15) is 5.82 Å². The van der Waals surface area contributed by atoms with Crippen LogP contribution in [0.1, 0.15) is 9.81 Å². The highest BCUT2D eigenvalue weighted by molar-refractivity contribution is 5.28. The number of nitrogens with two attached hydrogens (primary N) is 1. The van der Waals surface area contributed by atoms with E-state index in [4.69, 9.17) is 14.6 Å². The summed E-state index contributed by atoms with van der Waals surface area (Å²) in [6.07, 6.45) is 0. The Labute approximate surface area is 64.0 Å². The van der Waals surface area contributed by atoms with Crippen molar-refractivity contribution in [2.45, 2.75) is 6.61 Å². The zero-order valence-electron chi connectivity index (χ0n) is 8.64. The second-order valence-electron chi connectivity index (χ2n) is 1.75. The molecule has 1 aromatic heterocycles. The monoisotopic (exact) mass is 141 g/mol. The molecule has 10 heavy (non-hydrogen) atoms. The summed E-state index contributed by atoms with van der Waals surface area (Å²) in [5, 5.41) is 0. The lowest BCUT2D eigenvalue weighted by atomic mass is 10.3. The van der Waals surface area contributed by atoms with E-state index in [1.165, 1.54) is 7.11 Å². The first-order valence-corrected chi connectivity index (χ1v) is 2.79. The Bertz CT molecular complexity index is 330. The number of nitrogen functional groups attached to an aromatic ring is 1. The van der Waals surface area contributed by atoms with Crippen LogP contribution in [0.15, 0.2) is 18.1 Å². The SMILES string of the molecule is [2H]c1c(N)nc(COC)c([2H])c1[2H]. The van der Waals surface area contributed by atoms with Gasteiger partial charge in [0.25, 0.3) is 0 Å². The van der Waals surface area contributed by atoms with Gasteiger partial charge < -0.3 is 10.5 Å². The summed E-state index contributed by atoms with van der Waals surface area (Å²) in [5.41, 5.74) is 5.66. The van der Waals surface area contributed by atoms with E-state index in [-0.39, 0.29) is 30.6 Å². The number of hydrogen-bond acceptors (Lipinski definition) is 3. The van der Waals surface area contributed by atoms with Crippen LogP contribution in [-0.2, 0) is 11.3 Å². The topological polar surface area (TPSA) is 48.1 Å². The number of pyridine rings is 1. The molecule has 0 fully saturated rings. The summed E-state index contributed by atoms with van der Waals surface area (Å²) in [6, 6.07) is -0.509. The molecule has 0 saturated carbocycles. The van der Waals surface area contributed by atoms with Crippen LogP contribution in [0.4, 0.5) is 5.82 Å². The van der Waals surface area contributed by atoms with Gasteiger partial charge in [-0.1, -0.05) is 6.04 Å². The zero-order valence-corrected chi connectivity index (χ0v) is 5.64. The summed E-state index contributed by atoms with van der Waals surface area (Å²) in [6.45, 7) is 0.134. The summed E-state index contributed by atoms with van der Waals surface area (Å²) in [7, 11) is 1.47. The molecule has 0 saturated heterocycles. The number of nitrogens with zero attached hydrogens (tertiary/aromatic N) is 1. The first-order valence-electron chi connectivity index (χ1n) is 4.29. The van der Waals surface area contributed by atoms with Crippen molar-refractivity contribution >= 4 is 5.82 Å².